The summed E-state index contributed by atoms with van der Waals surface area (Å²) in [6.07, 6.45) is 2.41. The number of aliphatic hydroxyl groups is 1. The number of aliphatic hydroxyl groups excluding tert-OH is 1. The zero-order chi connectivity index (χ0) is 51.7. The average Bonchev–Trinajstić information content (AvgIpc) is 3.85. The van der Waals surface area contributed by atoms with Gasteiger partial charge in [-0.05, 0) is 76.3 Å². The molecule has 5 rings (SSSR count). The van der Waals surface area contributed by atoms with E-state index in [0.29, 0.717) is 48.3 Å². The fraction of sp³-hybridized carbons (Fsp3) is 0.490. The number of rotatable bonds is 26. The molecule has 2 aromatic carbocycles. The fourth-order valence-corrected chi connectivity index (χ4v) is 7.46. The Morgan fingerprint density at radius 1 is 0.845 bits per heavy atom. The molecular formula is C49H67N11O11. The minimum Gasteiger partial charge on any atom is -0.444 e. The van der Waals surface area contributed by atoms with Gasteiger partial charge in [-0.15, -0.1) is 0 Å². The van der Waals surface area contributed by atoms with Gasteiger partial charge in [0.25, 0.3) is 11.8 Å². The van der Waals surface area contributed by atoms with E-state index in [9.17, 15) is 38.7 Å². The molecule has 0 saturated carbocycles. The predicted molar refractivity (Wildman–Crippen MR) is 264 cm³/mol. The van der Waals surface area contributed by atoms with Gasteiger partial charge >= 0.3 is 12.2 Å². The highest BCUT2D eigenvalue weighted by Gasteiger charge is 2.30. The number of imide groups is 1. The van der Waals surface area contributed by atoms with Crippen molar-refractivity contribution in [1.29, 1.82) is 0 Å². The summed E-state index contributed by atoms with van der Waals surface area (Å²) in [5.74, 6) is -2.17. The maximum atomic E-state index is 13.7. The van der Waals surface area contributed by atoms with Crippen LogP contribution in [0.4, 0.5) is 21.1 Å². The van der Waals surface area contributed by atoms with Crippen LogP contribution in [0.5, 0.6) is 0 Å². The fourth-order valence-electron chi connectivity index (χ4n) is 7.46. The lowest BCUT2D eigenvalue weighted by molar-refractivity contribution is -0.137. The van der Waals surface area contributed by atoms with Crippen molar-refractivity contribution in [3.8, 4) is 0 Å². The van der Waals surface area contributed by atoms with Crippen molar-refractivity contribution in [3.05, 3.63) is 72.1 Å². The number of carbonyl (C=O) groups excluding carboxylic acids is 7. The zero-order valence-corrected chi connectivity index (χ0v) is 41.2. The number of para-hydroxylation sites is 1. The van der Waals surface area contributed by atoms with Crippen molar-refractivity contribution < 1.29 is 52.9 Å². The number of nitrogens with one attached hydrogen (secondary N) is 6. The Morgan fingerprint density at radius 2 is 1.56 bits per heavy atom. The molecule has 3 atom stereocenters. The number of benzene rings is 2. The maximum Gasteiger partial charge on any atom is 0.413 e. The second-order valence-corrected chi connectivity index (χ2v) is 18.2. The first-order chi connectivity index (χ1) is 33.8. The smallest absolute Gasteiger partial charge is 0.413 e. The van der Waals surface area contributed by atoms with Crippen molar-refractivity contribution in [2.24, 2.45) is 11.7 Å². The molecule has 1 aliphatic rings. The molecule has 384 valence electrons. The molecular weight excluding hydrogens is 919 g/mol. The Balaban J connectivity index is 1.20. The number of pyridine rings is 1. The molecule has 2 aromatic heterocycles. The average molecular weight is 986 g/mol. The first-order valence-corrected chi connectivity index (χ1v) is 23.8. The van der Waals surface area contributed by atoms with E-state index in [1.165, 1.54) is 0 Å². The highest BCUT2D eigenvalue weighted by molar-refractivity contribution is 6.13. The van der Waals surface area contributed by atoms with Gasteiger partial charge < -0.3 is 45.2 Å². The number of ether oxygens (including phenoxy) is 3. The Bertz CT molecular complexity index is 2520. The number of imidazole rings is 1. The van der Waals surface area contributed by atoms with E-state index in [1.807, 2.05) is 24.3 Å². The van der Waals surface area contributed by atoms with Gasteiger partial charge in [0.1, 0.15) is 35.6 Å². The van der Waals surface area contributed by atoms with Crippen LogP contribution in [0, 0.1) is 5.92 Å². The van der Waals surface area contributed by atoms with Crippen molar-refractivity contribution in [3.63, 3.8) is 0 Å². The van der Waals surface area contributed by atoms with Crippen molar-refractivity contribution >= 4 is 75.2 Å². The molecule has 71 heavy (non-hydrogen) atoms. The second-order valence-electron chi connectivity index (χ2n) is 18.2. The second kappa shape index (κ2) is 26.3. The Labute approximate surface area is 412 Å². The van der Waals surface area contributed by atoms with E-state index in [-0.39, 0.29) is 51.5 Å². The number of anilines is 2. The highest BCUT2D eigenvalue weighted by Crippen LogP contribution is 2.31. The van der Waals surface area contributed by atoms with Gasteiger partial charge in [-0.25, -0.2) is 19.6 Å². The van der Waals surface area contributed by atoms with E-state index in [1.54, 1.807) is 58.9 Å². The number of unbranched alkanes of at least 4 members (excludes halogenated alkanes) is 1. The van der Waals surface area contributed by atoms with Gasteiger partial charge in [0.2, 0.25) is 17.7 Å². The number of amides is 7. The first kappa shape index (κ1) is 54.9. The summed E-state index contributed by atoms with van der Waals surface area (Å²) in [6, 6.07) is 12.0. The summed E-state index contributed by atoms with van der Waals surface area (Å²) in [4.78, 5) is 100.0. The minimum atomic E-state index is -1.28. The number of hydrogen-bond acceptors (Lipinski definition) is 15. The molecule has 0 fully saturated rings. The molecule has 9 N–H and O–H groups in total. The third kappa shape index (κ3) is 16.8. The van der Waals surface area contributed by atoms with Crippen LogP contribution in [0.15, 0.2) is 60.7 Å². The van der Waals surface area contributed by atoms with Gasteiger partial charge in [0, 0.05) is 55.7 Å². The number of hydrogen-bond donors (Lipinski definition) is 8. The van der Waals surface area contributed by atoms with Crippen LogP contribution < -0.4 is 37.6 Å². The summed E-state index contributed by atoms with van der Waals surface area (Å²) in [7, 11) is 0. The maximum absolute atomic E-state index is 13.7. The molecule has 22 heteroatoms. The van der Waals surface area contributed by atoms with Crippen LogP contribution in [-0.2, 0) is 57.8 Å². The molecule has 0 aliphatic carbocycles. The van der Waals surface area contributed by atoms with E-state index < -0.39 is 71.7 Å². The molecule has 4 aromatic rings. The normalized spacial score (nSPS) is 13.8. The lowest BCUT2D eigenvalue weighted by atomic mass is 10.0. The van der Waals surface area contributed by atoms with Crippen molar-refractivity contribution in [2.75, 3.05) is 43.5 Å². The lowest BCUT2D eigenvalue weighted by Crippen LogP contribution is -2.54. The van der Waals surface area contributed by atoms with Gasteiger partial charge in [-0.1, -0.05) is 57.5 Å². The van der Waals surface area contributed by atoms with E-state index in [0.717, 1.165) is 46.6 Å². The Kier molecular flexibility index (Phi) is 20.3. The summed E-state index contributed by atoms with van der Waals surface area (Å²) >= 11 is 0. The number of nitrogens with zero attached hydrogens (tertiary/aromatic N) is 4. The van der Waals surface area contributed by atoms with E-state index in [4.69, 9.17) is 29.9 Å². The van der Waals surface area contributed by atoms with Crippen molar-refractivity contribution in [1.82, 2.24) is 40.7 Å². The Morgan fingerprint density at radius 3 is 2.24 bits per heavy atom. The van der Waals surface area contributed by atoms with Crippen LogP contribution in [0.3, 0.4) is 0 Å². The quantitative estimate of drug-likeness (QED) is 0.0253. The molecule has 0 bridgehead atoms. The minimum absolute atomic E-state index is 0.129. The number of aromatic nitrogens is 3. The number of aryl methyl sites for hydroxylation is 1. The lowest BCUT2D eigenvalue weighted by Gasteiger charge is -2.26. The monoisotopic (exact) mass is 986 g/mol. The van der Waals surface area contributed by atoms with Gasteiger partial charge in [-0.3, -0.25) is 45.2 Å². The summed E-state index contributed by atoms with van der Waals surface area (Å²) in [5.41, 5.74) is 7.68. The van der Waals surface area contributed by atoms with Gasteiger partial charge in [0.05, 0.1) is 24.2 Å². The first-order valence-electron chi connectivity index (χ1n) is 23.8. The Hall–Kier alpha value is -7.01. The van der Waals surface area contributed by atoms with Gasteiger partial charge in [-0.2, -0.15) is 0 Å². The number of alkyl carbamates (subject to hydrolysis) is 1. The van der Waals surface area contributed by atoms with E-state index >= 15 is 0 Å². The topological polar surface area (TPSA) is 300 Å². The molecule has 0 saturated heterocycles. The molecule has 3 heterocycles. The largest absolute Gasteiger partial charge is 0.444 e. The number of nitrogens with two attached hydrogens (primary N) is 1. The molecule has 1 aliphatic heterocycles. The third-order valence-corrected chi connectivity index (χ3v) is 11.0. The standard InChI is InChI=1S/C49H67N11O11/c1-7-8-15-36-56-41-42(59(36)26-28-69-27-24-52-47(67)71-49(4,5)6)33-12-9-10-13-34(33)54-43(41)58-48(68)70-29-31-16-18-32(19-17-31)53-44(64)35(14-11-23-51-46(50)66)55-45(65)40(30(2)3)57-37(61)22-25-60-38(62)20-21-39(60)63/h9-10,12-13,16-21,30,35,40,46,51,66H,7-8,11,14-15,22-29,50H2,1-6H3,(H,52,67)(H,53,64)(H,55,65)(H,57,61)(H,54,58,68)/t35-,40-,46?/m1/s1. The highest BCUT2D eigenvalue weighted by atomic mass is 16.6. The van der Waals surface area contributed by atoms with Crippen LogP contribution in [0.25, 0.3) is 21.9 Å². The molecule has 0 spiro atoms. The number of carbonyl (C=O) groups is 7. The molecule has 22 nitrogen and oxygen atoms in total. The molecule has 0 radical (unpaired) electrons. The third-order valence-electron chi connectivity index (χ3n) is 11.0. The van der Waals surface area contributed by atoms with E-state index in [2.05, 4.69) is 43.4 Å². The van der Waals surface area contributed by atoms with Crippen LogP contribution in [0.1, 0.15) is 85.0 Å². The van der Waals surface area contributed by atoms with Crippen LogP contribution in [-0.4, -0.2) is 123 Å². The van der Waals surface area contributed by atoms with Crippen molar-refractivity contribution in [2.45, 2.75) is 117 Å². The molecule has 7 amide bonds. The van der Waals surface area contributed by atoms with Crippen LogP contribution in [0.2, 0.25) is 0 Å². The summed E-state index contributed by atoms with van der Waals surface area (Å²) in [5, 5.41) is 26.6. The summed E-state index contributed by atoms with van der Waals surface area (Å²) < 4.78 is 18.9. The van der Waals surface area contributed by atoms with Crippen LogP contribution >= 0.6 is 0 Å². The molecule has 1 unspecified atom stereocenters. The zero-order valence-electron chi connectivity index (χ0n) is 41.2. The summed E-state index contributed by atoms with van der Waals surface area (Å²) in [6.45, 7) is 12.2. The SMILES string of the molecule is CCCCc1nc2c(NC(=O)OCc3ccc(NC(=O)[C@@H](CCCNC(N)O)NC(=O)[C@H](NC(=O)CCN4C(=O)C=CC4=O)C(C)C)cc3)nc3ccccc3c2n1CCOCCNC(=O)OC(C)(C)C. The van der Waals surface area contributed by atoms with Gasteiger partial charge in [0.15, 0.2) is 12.2 Å². The number of fused-ring (bicyclic) bond motifs is 3. The predicted octanol–water partition coefficient (Wildman–Crippen LogP) is 3.70.